The summed E-state index contributed by atoms with van der Waals surface area (Å²) < 4.78 is 5.65. The van der Waals surface area contributed by atoms with Crippen LogP contribution in [0, 0.1) is 18.3 Å². The predicted molar refractivity (Wildman–Crippen MR) is 129 cm³/mol. The highest BCUT2D eigenvalue weighted by molar-refractivity contribution is 6.30. The largest absolute Gasteiger partial charge is 0.483 e. The van der Waals surface area contributed by atoms with Crippen molar-refractivity contribution < 1.29 is 14.3 Å². The van der Waals surface area contributed by atoms with E-state index in [1.54, 1.807) is 24.3 Å². The average Bonchev–Trinajstić information content (AvgIpc) is 2.81. The van der Waals surface area contributed by atoms with E-state index in [2.05, 4.69) is 10.6 Å². The van der Waals surface area contributed by atoms with Crippen molar-refractivity contribution in [2.75, 3.05) is 11.9 Å². The molecule has 0 atom stereocenters. The lowest BCUT2D eigenvalue weighted by Gasteiger charge is -2.11. The van der Waals surface area contributed by atoms with Crippen molar-refractivity contribution in [2.24, 2.45) is 0 Å². The molecule has 0 unspecified atom stereocenters. The van der Waals surface area contributed by atoms with Crippen LogP contribution in [0.2, 0.25) is 5.02 Å². The van der Waals surface area contributed by atoms with Crippen LogP contribution in [-0.2, 0) is 16.1 Å². The first-order chi connectivity index (χ1) is 15.9. The zero-order valence-electron chi connectivity index (χ0n) is 18.0. The summed E-state index contributed by atoms with van der Waals surface area (Å²) in [7, 11) is 0. The summed E-state index contributed by atoms with van der Waals surface area (Å²) in [5, 5.41) is 15.4. The van der Waals surface area contributed by atoms with Crippen molar-refractivity contribution in [1.29, 1.82) is 5.26 Å². The summed E-state index contributed by atoms with van der Waals surface area (Å²) in [6.07, 6.45) is 1.39. The van der Waals surface area contributed by atoms with Crippen LogP contribution in [0.15, 0.2) is 78.4 Å². The summed E-state index contributed by atoms with van der Waals surface area (Å²) in [5.41, 5.74) is 2.91. The second kappa shape index (κ2) is 11.5. The molecule has 2 N–H and O–H groups in total. The molecular weight excluding hydrogens is 438 g/mol. The van der Waals surface area contributed by atoms with Gasteiger partial charge in [-0.2, -0.15) is 5.26 Å². The summed E-state index contributed by atoms with van der Waals surface area (Å²) in [4.78, 5) is 24.8. The first-order valence-corrected chi connectivity index (χ1v) is 10.5. The number of nitrogens with zero attached hydrogens (tertiary/aromatic N) is 1. The SMILES string of the molecule is Cc1cccc(NC(=O)COc2ccc(Cl)cc2/C=C(\C#N)C(=O)NCc2ccccc2)c1. The molecule has 33 heavy (non-hydrogen) atoms. The first-order valence-electron chi connectivity index (χ1n) is 10.2. The molecule has 0 aliphatic carbocycles. The summed E-state index contributed by atoms with van der Waals surface area (Å²) in [5.74, 6) is -0.543. The molecular formula is C26H22ClN3O3. The van der Waals surface area contributed by atoms with Crippen LogP contribution in [-0.4, -0.2) is 18.4 Å². The Balaban J connectivity index is 1.69. The number of anilines is 1. The number of rotatable bonds is 8. The Hall–Kier alpha value is -4.08. The lowest BCUT2D eigenvalue weighted by atomic mass is 10.1. The van der Waals surface area contributed by atoms with Gasteiger partial charge in [-0.25, -0.2) is 0 Å². The van der Waals surface area contributed by atoms with Gasteiger partial charge in [-0.15, -0.1) is 0 Å². The Morgan fingerprint density at radius 1 is 1.06 bits per heavy atom. The van der Waals surface area contributed by atoms with E-state index >= 15 is 0 Å². The van der Waals surface area contributed by atoms with Gasteiger partial charge in [-0.05, 0) is 54.5 Å². The van der Waals surface area contributed by atoms with Crippen LogP contribution in [0.3, 0.4) is 0 Å². The molecule has 3 aromatic rings. The van der Waals surface area contributed by atoms with Crippen molar-refractivity contribution in [3.8, 4) is 11.8 Å². The lowest BCUT2D eigenvalue weighted by molar-refractivity contribution is -0.118. The first kappa shape index (κ1) is 23.6. The van der Waals surface area contributed by atoms with Gasteiger partial charge in [0.05, 0.1) is 0 Å². The average molecular weight is 460 g/mol. The highest BCUT2D eigenvalue weighted by Crippen LogP contribution is 2.25. The molecule has 0 heterocycles. The standard InChI is InChI=1S/C26H22ClN3O3/c1-18-6-5-9-23(12-18)30-25(31)17-33-24-11-10-22(27)14-20(24)13-21(15-28)26(32)29-16-19-7-3-2-4-8-19/h2-14H,16-17H2,1H3,(H,29,32)(H,30,31)/b21-13+. The van der Waals surface area contributed by atoms with Crippen LogP contribution in [0.1, 0.15) is 16.7 Å². The van der Waals surface area contributed by atoms with E-state index in [4.69, 9.17) is 16.3 Å². The maximum Gasteiger partial charge on any atom is 0.262 e. The van der Waals surface area contributed by atoms with Gasteiger partial charge in [0.25, 0.3) is 11.8 Å². The normalized spacial score (nSPS) is 10.8. The second-order valence-electron chi connectivity index (χ2n) is 7.23. The monoisotopic (exact) mass is 459 g/mol. The molecule has 0 aromatic heterocycles. The maximum atomic E-state index is 12.5. The summed E-state index contributed by atoms with van der Waals surface area (Å²) >= 11 is 6.10. The van der Waals surface area contributed by atoms with E-state index in [0.29, 0.717) is 22.0 Å². The number of carbonyl (C=O) groups is 2. The number of aryl methyl sites for hydroxylation is 1. The topological polar surface area (TPSA) is 91.2 Å². The number of amides is 2. The molecule has 0 fully saturated rings. The molecule has 0 spiro atoms. The Morgan fingerprint density at radius 3 is 2.58 bits per heavy atom. The molecule has 0 aliphatic heterocycles. The fourth-order valence-electron chi connectivity index (χ4n) is 3.00. The van der Waals surface area contributed by atoms with Crippen molar-refractivity contribution in [3.63, 3.8) is 0 Å². The highest BCUT2D eigenvalue weighted by Gasteiger charge is 2.13. The minimum absolute atomic E-state index is 0.109. The summed E-state index contributed by atoms with van der Waals surface area (Å²) in [6.45, 7) is 1.97. The molecule has 0 aliphatic rings. The van der Waals surface area contributed by atoms with Gasteiger partial charge in [-0.3, -0.25) is 9.59 Å². The van der Waals surface area contributed by atoms with Crippen LogP contribution >= 0.6 is 11.6 Å². The van der Waals surface area contributed by atoms with Crippen molar-refractivity contribution in [1.82, 2.24) is 5.32 Å². The fraction of sp³-hybridized carbons (Fsp3) is 0.115. The quantitative estimate of drug-likeness (QED) is 0.370. The van der Waals surface area contributed by atoms with E-state index in [1.807, 2.05) is 61.5 Å². The number of hydrogen-bond acceptors (Lipinski definition) is 4. The van der Waals surface area contributed by atoms with Crippen LogP contribution < -0.4 is 15.4 Å². The van der Waals surface area contributed by atoms with Gasteiger partial charge in [0.2, 0.25) is 0 Å². The molecule has 0 bridgehead atoms. The molecule has 0 saturated heterocycles. The van der Waals surface area contributed by atoms with Gasteiger partial charge in [0.15, 0.2) is 6.61 Å². The molecule has 0 saturated carbocycles. The molecule has 0 radical (unpaired) electrons. The van der Waals surface area contributed by atoms with Gasteiger partial charge < -0.3 is 15.4 Å². The van der Waals surface area contributed by atoms with E-state index < -0.39 is 5.91 Å². The lowest BCUT2D eigenvalue weighted by Crippen LogP contribution is -2.24. The van der Waals surface area contributed by atoms with Crippen molar-refractivity contribution in [2.45, 2.75) is 13.5 Å². The van der Waals surface area contributed by atoms with Gasteiger partial charge in [0, 0.05) is 22.8 Å². The van der Waals surface area contributed by atoms with E-state index in [1.165, 1.54) is 6.08 Å². The van der Waals surface area contributed by atoms with Crippen LogP contribution in [0.25, 0.3) is 6.08 Å². The number of nitrogens with one attached hydrogen (secondary N) is 2. The Bertz CT molecular complexity index is 1220. The van der Waals surface area contributed by atoms with Crippen molar-refractivity contribution >= 4 is 35.2 Å². The summed E-state index contributed by atoms with van der Waals surface area (Å²) in [6, 6.07) is 23.5. The molecule has 3 rings (SSSR count). The Labute approximate surface area is 197 Å². The van der Waals surface area contributed by atoms with E-state index in [9.17, 15) is 14.9 Å². The third-order valence-corrected chi connectivity index (χ3v) is 4.83. The number of ether oxygens (including phenoxy) is 1. The van der Waals surface area contributed by atoms with Gasteiger partial charge in [0.1, 0.15) is 17.4 Å². The molecule has 166 valence electrons. The molecule has 7 heteroatoms. The number of benzene rings is 3. The number of hydrogen-bond donors (Lipinski definition) is 2. The minimum atomic E-state index is -0.524. The Morgan fingerprint density at radius 2 is 1.85 bits per heavy atom. The fourth-order valence-corrected chi connectivity index (χ4v) is 3.18. The maximum absolute atomic E-state index is 12.5. The van der Waals surface area contributed by atoms with E-state index in [-0.39, 0.29) is 24.6 Å². The van der Waals surface area contributed by atoms with Crippen LogP contribution in [0.5, 0.6) is 5.75 Å². The number of halogens is 1. The minimum Gasteiger partial charge on any atom is -0.483 e. The molecule has 2 amide bonds. The third-order valence-electron chi connectivity index (χ3n) is 4.59. The van der Waals surface area contributed by atoms with Gasteiger partial charge >= 0.3 is 0 Å². The zero-order valence-corrected chi connectivity index (χ0v) is 18.7. The molecule has 3 aromatic carbocycles. The number of nitriles is 1. The Kier molecular flexibility index (Phi) is 8.23. The second-order valence-corrected chi connectivity index (χ2v) is 7.66. The van der Waals surface area contributed by atoms with Crippen molar-refractivity contribution in [3.05, 3.63) is 100 Å². The third kappa shape index (κ3) is 7.23. The predicted octanol–water partition coefficient (Wildman–Crippen LogP) is 4.89. The highest BCUT2D eigenvalue weighted by atomic mass is 35.5. The zero-order chi connectivity index (χ0) is 23.6. The van der Waals surface area contributed by atoms with E-state index in [0.717, 1.165) is 11.1 Å². The van der Waals surface area contributed by atoms with Gasteiger partial charge in [-0.1, -0.05) is 54.1 Å². The molecule has 6 nitrogen and oxygen atoms in total. The smallest absolute Gasteiger partial charge is 0.262 e. The van der Waals surface area contributed by atoms with Crippen LogP contribution in [0.4, 0.5) is 5.69 Å². The number of carbonyl (C=O) groups excluding carboxylic acids is 2.